The summed E-state index contributed by atoms with van der Waals surface area (Å²) in [5.74, 6) is -0.157. The molecule has 0 aliphatic carbocycles. The van der Waals surface area contributed by atoms with E-state index in [2.05, 4.69) is 19.2 Å². The van der Waals surface area contributed by atoms with Gasteiger partial charge in [-0.3, -0.25) is 4.79 Å². The summed E-state index contributed by atoms with van der Waals surface area (Å²) < 4.78 is 5.01. The molecule has 116 valence electrons. The number of carbonyl (C=O) groups excluding carboxylic acids is 1. The molecular formula is C15H20ClNO4. The first-order valence-corrected chi connectivity index (χ1v) is 7.11. The number of hydrogen-bond donors (Lipinski definition) is 2. The van der Waals surface area contributed by atoms with Gasteiger partial charge in [-0.15, -0.1) is 0 Å². The van der Waals surface area contributed by atoms with Gasteiger partial charge in [-0.05, 0) is 30.0 Å². The van der Waals surface area contributed by atoms with Crippen LogP contribution in [0.5, 0.6) is 5.75 Å². The molecule has 0 heterocycles. The Bertz CT molecular complexity index is 516. The zero-order valence-electron chi connectivity index (χ0n) is 12.4. The lowest BCUT2D eigenvalue weighted by molar-refractivity contribution is -0.139. The van der Waals surface area contributed by atoms with Crippen LogP contribution in [0.25, 0.3) is 0 Å². The van der Waals surface area contributed by atoms with E-state index in [1.165, 1.54) is 12.1 Å². The van der Waals surface area contributed by atoms with Gasteiger partial charge in [0.2, 0.25) is 5.91 Å². The maximum Gasteiger partial charge on any atom is 0.341 e. The lowest BCUT2D eigenvalue weighted by Gasteiger charge is -2.15. The summed E-state index contributed by atoms with van der Waals surface area (Å²) in [5.41, 5.74) is 0.559. The van der Waals surface area contributed by atoms with Crippen molar-refractivity contribution in [3.8, 4) is 5.75 Å². The molecule has 0 bridgehead atoms. The van der Waals surface area contributed by atoms with Gasteiger partial charge in [-0.25, -0.2) is 4.79 Å². The molecule has 1 atom stereocenters. The summed E-state index contributed by atoms with van der Waals surface area (Å²) in [6.45, 7) is 5.71. The molecular weight excluding hydrogens is 294 g/mol. The molecule has 0 aromatic heterocycles. The third kappa shape index (κ3) is 6.04. The molecule has 1 aromatic rings. The zero-order valence-corrected chi connectivity index (χ0v) is 13.1. The average molecular weight is 314 g/mol. The van der Waals surface area contributed by atoms with Crippen molar-refractivity contribution in [2.24, 2.45) is 11.8 Å². The highest BCUT2D eigenvalue weighted by atomic mass is 35.5. The number of ether oxygens (including phenoxy) is 1. The number of halogens is 1. The molecule has 0 saturated heterocycles. The molecule has 0 radical (unpaired) electrons. The number of carboxylic acid groups (broad SMARTS) is 1. The highest BCUT2D eigenvalue weighted by molar-refractivity contribution is 6.32. The lowest BCUT2D eigenvalue weighted by atomic mass is 9.94. The first-order valence-electron chi connectivity index (χ1n) is 6.73. The standard InChI is InChI=1S/C15H20ClNO4/c1-9(2)10(3)6-14(18)17-11-4-5-13(12(16)7-11)21-8-15(19)20/h4-5,7,9-10H,6,8H2,1-3H3,(H,17,18)(H,19,20). The van der Waals surface area contributed by atoms with E-state index in [0.29, 0.717) is 23.9 Å². The fourth-order valence-electron chi connectivity index (χ4n) is 1.58. The monoisotopic (exact) mass is 313 g/mol. The van der Waals surface area contributed by atoms with Crippen molar-refractivity contribution in [1.29, 1.82) is 0 Å². The molecule has 0 aliphatic heterocycles. The number of benzene rings is 1. The summed E-state index contributed by atoms with van der Waals surface area (Å²) >= 11 is 5.98. The van der Waals surface area contributed by atoms with Crippen LogP contribution in [0.3, 0.4) is 0 Å². The van der Waals surface area contributed by atoms with Gasteiger partial charge in [0.05, 0.1) is 5.02 Å². The Morgan fingerprint density at radius 3 is 2.52 bits per heavy atom. The van der Waals surface area contributed by atoms with Crippen molar-refractivity contribution < 1.29 is 19.4 Å². The smallest absolute Gasteiger partial charge is 0.341 e. The third-order valence-electron chi connectivity index (χ3n) is 3.21. The molecule has 1 aromatic carbocycles. The van der Waals surface area contributed by atoms with Crippen molar-refractivity contribution in [2.45, 2.75) is 27.2 Å². The van der Waals surface area contributed by atoms with Crippen LogP contribution in [-0.2, 0) is 9.59 Å². The Morgan fingerprint density at radius 1 is 1.33 bits per heavy atom. The molecule has 0 fully saturated rings. The molecule has 21 heavy (non-hydrogen) atoms. The van der Waals surface area contributed by atoms with Crippen LogP contribution in [0.2, 0.25) is 5.02 Å². The minimum Gasteiger partial charge on any atom is -0.480 e. The minimum absolute atomic E-state index is 0.0773. The second-order valence-electron chi connectivity index (χ2n) is 5.30. The van der Waals surface area contributed by atoms with Crippen LogP contribution in [0.4, 0.5) is 5.69 Å². The van der Waals surface area contributed by atoms with E-state index < -0.39 is 12.6 Å². The molecule has 1 amide bonds. The van der Waals surface area contributed by atoms with Crippen LogP contribution in [0, 0.1) is 11.8 Å². The minimum atomic E-state index is -1.08. The Kier molecular flexibility index (Phi) is 6.49. The number of carbonyl (C=O) groups is 2. The van der Waals surface area contributed by atoms with Crippen molar-refractivity contribution in [2.75, 3.05) is 11.9 Å². The molecule has 6 heteroatoms. The van der Waals surface area contributed by atoms with Crippen LogP contribution in [0.15, 0.2) is 18.2 Å². The summed E-state index contributed by atoms with van der Waals surface area (Å²) in [5, 5.41) is 11.6. The van der Waals surface area contributed by atoms with Crippen LogP contribution in [-0.4, -0.2) is 23.6 Å². The number of anilines is 1. The zero-order chi connectivity index (χ0) is 16.0. The Labute approximate surface area is 129 Å². The Morgan fingerprint density at radius 2 is 2.00 bits per heavy atom. The summed E-state index contributed by atoms with van der Waals surface area (Å²) in [4.78, 5) is 22.3. The summed E-state index contributed by atoms with van der Waals surface area (Å²) in [7, 11) is 0. The SMILES string of the molecule is CC(C)C(C)CC(=O)Nc1ccc(OCC(=O)O)c(Cl)c1. The predicted molar refractivity (Wildman–Crippen MR) is 81.8 cm³/mol. The lowest BCUT2D eigenvalue weighted by Crippen LogP contribution is -2.17. The summed E-state index contributed by atoms with van der Waals surface area (Å²) in [6.07, 6.45) is 0.437. The van der Waals surface area contributed by atoms with Gasteiger partial charge in [0.25, 0.3) is 0 Å². The van der Waals surface area contributed by atoms with Crippen molar-refractivity contribution in [3.05, 3.63) is 23.2 Å². The summed E-state index contributed by atoms with van der Waals surface area (Å²) in [6, 6.07) is 4.70. The highest BCUT2D eigenvalue weighted by Crippen LogP contribution is 2.28. The fraction of sp³-hybridized carbons (Fsp3) is 0.467. The van der Waals surface area contributed by atoms with Gasteiger partial charge < -0.3 is 15.2 Å². The molecule has 5 nitrogen and oxygen atoms in total. The second kappa shape index (κ2) is 7.88. The van der Waals surface area contributed by atoms with E-state index in [4.69, 9.17) is 21.4 Å². The maximum atomic E-state index is 11.9. The van der Waals surface area contributed by atoms with Crippen LogP contribution < -0.4 is 10.1 Å². The number of amides is 1. The molecule has 0 saturated carbocycles. The maximum absolute atomic E-state index is 11.9. The first kappa shape index (κ1) is 17.3. The number of nitrogens with one attached hydrogen (secondary N) is 1. The van der Waals surface area contributed by atoms with Crippen molar-refractivity contribution >= 4 is 29.2 Å². The normalized spacial score (nSPS) is 12.0. The predicted octanol–water partition coefficient (Wildman–Crippen LogP) is 3.42. The number of rotatable bonds is 7. The fourth-order valence-corrected chi connectivity index (χ4v) is 1.81. The Hall–Kier alpha value is -1.75. The van der Waals surface area contributed by atoms with E-state index in [0.717, 1.165) is 0 Å². The van der Waals surface area contributed by atoms with E-state index >= 15 is 0 Å². The van der Waals surface area contributed by atoms with E-state index in [1.807, 2.05) is 6.92 Å². The van der Waals surface area contributed by atoms with Gasteiger partial charge in [0.15, 0.2) is 6.61 Å². The number of carboxylic acids is 1. The van der Waals surface area contributed by atoms with Gasteiger partial charge >= 0.3 is 5.97 Å². The van der Waals surface area contributed by atoms with Gasteiger partial charge in [0, 0.05) is 12.1 Å². The average Bonchev–Trinajstić information content (AvgIpc) is 2.37. The molecule has 0 spiro atoms. The first-order chi connectivity index (χ1) is 9.79. The van der Waals surface area contributed by atoms with Crippen LogP contribution in [0.1, 0.15) is 27.2 Å². The Balaban J connectivity index is 2.63. The molecule has 1 rings (SSSR count). The molecule has 2 N–H and O–H groups in total. The number of aliphatic carboxylic acids is 1. The molecule has 1 unspecified atom stereocenters. The highest BCUT2D eigenvalue weighted by Gasteiger charge is 2.13. The van der Waals surface area contributed by atoms with Crippen molar-refractivity contribution in [1.82, 2.24) is 0 Å². The van der Waals surface area contributed by atoms with Crippen LogP contribution >= 0.6 is 11.6 Å². The van der Waals surface area contributed by atoms with E-state index in [9.17, 15) is 9.59 Å². The third-order valence-corrected chi connectivity index (χ3v) is 3.51. The second-order valence-corrected chi connectivity index (χ2v) is 5.71. The van der Waals surface area contributed by atoms with E-state index in [-0.39, 0.29) is 16.7 Å². The quantitative estimate of drug-likeness (QED) is 0.808. The topological polar surface area (TPSA) is 75.6 Å². The number of hydrogen-bond acceptors (Lipinski definition) is 3. The van der Waals surface area contributed by atoms with Gasteiger partial charge in [-0.1, -0.05) is 32.4 Å². The van der Waals surface area contributed by atoms with Crippen molar-refractivity contribution in [3.63, 3.8) is 0 Å². The van der Waals surface area contributed by atoms with Gasteiger partial charge in [-0.2, -0.15) is 0 Å². The largest absolute Gasteiger partial charge is 0.480 e. The van der Waals surface area contributed by atoms with E-state index in [1.54, 1.807) is 6.07 Å². The van der Waals surface area contributed by atoms with Gasteiger partial charge in [0.1, 0.15) is 5.75 Å². The molecule has 0 aliphatic rings.